The largest absolute Gasteiger partial charge is 0.465 e. The predicted octanol–water partition coefficient (Wildman–Crippen LogP) is 4.38. The molecule has 0 radical (unpaired) electrons. The number of hydrogen-bond acceptors (Lipinski definition) is 5. The van der Waals surface area contributed by atoms with Gasteiger partial charge in [0.25, 0.3) is 11.8 Å². The third-order valence-electron chi connectivity index (χ3n) is 4.79. The Morgan fingerprint density at radius 1 is 0.968 bits per heavy atom. The van der Waals surface area contributed by atoms with Crippen molar-refractivity contribution in [3.8, 4) is 0 Å². The molecule has 2 aromatic carbocycles. The minimum Gasteiger partial charge on any atom is -0.465 e. The number of aryl methyl sites for hydroxylation is 1. The highest BCUT2D eigenvalue weighted by Gasteiger charge is 2.26. The van der Waals surface area contributed by atoms with Crippen molar-refractivity contribution < 1.29 is 19.1 Å². The monoisotopic (exact) mass is 436 g/mol. The molecule has 0 unspecified atom stereocenters. The molecule has 3 rings (SSSR count). The lowest BCUT2D eigenvalue weighted by Gasteiger charge is -2.06. The third kappa shape index (κ3) is 5.38. The molecule has 0 saturated heterocycles. The Morgan fingerprint density at radius 3 is 2.39 bits per heavy atom. The predicted molar refractivity (Wildman–Crippen MR) is 122 cm³/mol. The van der Waals surface area contributed by atoms with Crippen LogP contribution in [0.2, 0.25) is 0 Å². The number of anilines is 1. The summed E-state index contributed by atoms with van der Waals surface area (Å²) in [4.78, 5) is 38.2. The van der Waals surface area contributed by atoms with Gasteiger partial charge in [-0.15, -0.1) is 11.3 Å². The van der Waals surface area contributed by atoms with Crippen molar-refractivity contribution in [2.24, 2.45) is 0 Å². The SMILES string of the molecule is COC(=O)c1c(NC(=O)c2cccc(C)c2)sc(C(=O)NCCc2ccccc2)c1C. The molecular weight excluding hydrogens is 412 g/mol. The summed E-state index contributed by atoms with van der Waals surface area (Å²) < 4.78 is 4.88. The van der Waals surface area contributed by atoms with Crippen molar-refractivity contribution in [1.82, 2.24) is 5.32 Å². The average Bonchev–Trinajstić information content (AvgIpc) is 3.09. The normalized spacial score (nSPS) is 10.4. The van der Waals surface area contributed by atoms with E-state index in [-0.39, 0.29) is 17.4 Å². The fraction of sp³-hybridized carbons (Fsp3) is 0.208. The van der Waals surface area contributed by atoms with Gasteiger partial charge in [-0.05, 0) is 43.5 Å². The molecule has 0 fully saturated rings. The van der Waals surface area contributed by atoms with Crippen LogP contribution in [0.1, 0.15) is 47.1 Å². The van der Waals surface area contributed by atoms with Gasteiger partial charge in [-0.25, -0.2) is 4.79 Å². The van der Waals surface area contributed by atoms with E-state index in [1.807, 2.05) is 43.3 Å². The lowest BCUT2D eigenvalue weighted by molar-refractivity contribution is 0.0601. The molecule has 0 atom stereocenters. The van der Waals surface area contributed by atoms with Crippen LogP contribution in [-0.2, 0) is 11.2 Å². The van der Waals surface area contributed by atoms with Crippen LogP contribution >= 0.6 is 11.3 Å². The zero-order chi connectivity index (χ0) is 22.4. The highest BCUT2D eigenvalue weighted by Crippen LogP contribution is 2.34. The number of hydrogen-bond donors (Lipinski definition) is 2. The second kappa shape index (κ2) is 10.0. The lowest BCUT2D eigenvalue weighted by atomic mass is 10.1. The number of thiophene rings is 1. The summed E-state index contributed by atoms with van der Waals surface area (Å²) in [6.45, 7) is 4.03. The minimum atomic E-state index is -0.600. The van der Waals surface area contributed by atoms with E-state index in [4.69, 9.17) is 4.74 Å². The van der Waals surface area contributed by atoms with Gasteiger partial charge in [0.2, 0.25) is 0 Å². The molecule has 7 heteroatoms. The van der Waals surface area contributed by atoms with Crippen molar-refractivity contribution in [2.75, 3.05) is 19.0 Å². The first-order valence-corrected chi connectivity index (χ1v) is 10.6. The third-order valence-corrected chi connectivity index (χ3v) is 6.00. The zero-order valence-electron chi connectivity index (χ0n) is 17.7. The molecule has 0 saturated carbocycles. The molecule has 0 aliphatic rings. The van der Waals surface area contributed by atoms with E-state index in [0.717, 1.165) is 22.5 Å². The zero-order valence-corrected chi connectivity index (χ0v) is 18.5. The van der Waals surface area contributed by atoms with Gasteiger partial charge >= 0.3 is 5.97 Å². The van der Waals surface area contributed by atoms with Crippen LogP contribution in [0.3, 0.4) is 0 Å². The minimum absolute atomic E-state index is 0.196. The van der Waals surface area contributed by atoms with E-state index >= 15 is 0 Å². The summed E-state index contributed by atoms with van der Waals surface area (Å²) in [6, 6.07) is 17.0. The quantitative estimate of drug-likeness (QED) is 0.539. The van der Waals surface area contributed by atoms with Crippen molar-refractivity contribution in [3.05, 3.63) is 87.3 Å². The molecule has 1 heterocycles. The number of benzene rings is 2. The summed E-state index contributed by atoms with van der Waals surface area (Å²) in [5, 5.41) is 5.95. The van der Waals surface area contributed by atoms with Crippen molar-refractivity contribution in [1.29, 1.82) is 0 Å². The number of amides is 2. The summed E-state index contributed by atoms with van der Waals surface area (Å²) in [5.74, 6) is -1.25. The smallest absolute Gasteiger partial charge is 0.341 e. The number of nitrogens with one attached hydrogen (secondary N) is 2. The maximum Gasteiger partial charge on any atom is 0.341 e. The summed E-state index contributed by atoms with van der Waals surface area (Å²) >= 11 is 1.07. The first-order valence-electron chi connectivity index (χ1n) is 9.82. The van der Waals surface area contributed by atoms with Crippen LogP contribution < -0.4 is 10.6 Å². The molecule has 2 N–H and O–H groups in total. The second-order valence-corrected chi connectivity index (χ2v) is 8.09. The van der Waals surface area contributed by atoms with Gasteiger partial charge in [-0.2, -0.15) is 0 Å². The molecule has 160 valence electrons. The Labute approximate surface area is 185 Å². The van der Waals surface area contributed by atoms with Crippen LogP contribution in [0.5, 0.6) is 0 Å². The van der Waals surface area contributed by atoms with Crippen LogP contribution in [0.15, 0.2) is 54.6 Å². The summed E-state index contributed by atoms with van der Waals surface area (Å²) in [6.07, 6.45) is 0.692. The molecule has 0 spiro atoms. The number of esters is 1. The summed E-state index contributed by atoms with van der Waals surface area (Å²) in [7, 11) is 1.27. The van der Waals surface area contributed by atoms with E-state index in [1.54, 1.807) is 25.1 Å². The van der Waals surface area contributed by atoms with Crippen molar-refractivity contribution in [2.45, 2.75) is 20.3 Å². The van der Waals surface area contributed by atoms with Gasteiger partial charge in [0.1, 0.15) is 5.00 Å². The molecule has 3 aromatic rings. The van der Waals surface area contributed by atoms with Crippen molar-refractivity contribution >= 4 is 34.1 Å². The summed E-state index contributed by atoms with van der Waals surface area (Å²) in [5.41, 5.74) is 3.21. The van der Waals surface area contributed by atoms with Gasteiger partial charge in [0.15, 0.2) is 0 Å². The number of rotatable bonds is 7. The molecule has 2 amide bonds. The molecular formula is C24H24N2O4S. The highest BCUT2D eigenvalue weighted by molar-refractivity contribution is 7.18. The first kappa shape index (κ1) is 22.2. The van der Waals surface area contributed by atoms with Gasteiger partial charge in [0.05, 0.1) is 17.6 Å². The van der Waals surface area contributed by atoms with E-state index in [9.17, 15) is 14.4 Å². The average molecular weight is 437 g/mol. The molecule has 0 aliphatic heterocycles. The molecule has 0 aliphatic carbocycles. The van der Waals surface area contributed by atoms with Gasteiger partial charge in [-0.1, -0.05) is 48.0 Å². The van der Waals surface area contributed by atoms with Crippen LogP contribution in [-0.4, -0.2) is 31.4 Å². The molecule has 0 bridgehead atoms. The number of ether oxygens (including phenoxy) is 1. The van der Waals surface area contributed by atoms with E-state index in [0.29, 0.717) is 34.0 Å². The number of methoxy groups -OCH3 is 1. The van der Waals surface area contributed by atoms with E-state index in [2.05, 4.69) is 10.6 Å². The van der Waals surface area contributed by atoms with Crippen LogP contribution in [0.25, 0.3) is 0 Å². The van der Waals surface area contributed by atoms with E-state index < -0.39 is 5.97 Å². The maximum atomic E-state index is 12.8. The fourth-order valence-corrected chi connectivity index (χ4v) is 4.28. The Hall–Kier alpha value is -3.45. The number of carbonyl (C=O) groups is 3. The Balaban J connectivity index is 1.79. The topological polar surface area (TPSA) is 84.5 Å². The van der Waals surface area contributed by atoms with Crippen LogP contribution in [0, 0.1) is 13.8 Å². The van der Waals surface area contributed by atoms with Gasteiger partial charge < -0.3 is 15.4 Å². The van der Waals surface area contributed by atoms with Gasteiger partial charge in [0, 0.05) is 12.1 Å². The fourth-order valence-electron chi connectivity index (χ4n) is 3.17. The van der Waals surface area contributed by atoms with Gasteiger partial charge in [-0.3, -0.25) is 9.59 Å². The van der Waals surface area contributed by atoms with Crippen LogP contribution in [0.4, 0.5) is 5.00 Å². The molecule has 31 heavy (non-hydrogen) atoms. The Kier molecular flexibility index (Phi) is 7.20. The second-order valence-electron chi connectivity index (χ2n) is 7.07. The maximum absolute atomic E-state index is 12.8. The van der Waals surface area contributed by atoms with E-state index in [1.165, 1.54) is 7.11 Å². The van der Waals surface area contributed by atoms with Crippen molar-refractivity contribution in [3.63, 3.8) is 0 Å². The number of carbonyl (C=O) groups excluding carboxylic acids is 3. The highest BCUT2D eigenvalue weighted by atomic mass is 32.1. The first-order chi connectivity index (χ1) is 14.9. The molecule has 1 aromatic heterocycles. The Morgan fingerprint density at radius 2 is 1.71 bits per heavy atom. The molecule has 6 nitrogen and oxygen atoms in total. The lowest BCUT2D eigenvalue weighted by Crippen LogP contribution is -2.25. The standard InChI is InChI=1S/C24H24N2O4S/c1-15-8-7-11-18(14-15)21(27)26-23-19(24(29)30-3)16(2)20(31-23)22(28)25-13-12-17-9-5-4-6-10-17/h4-11,14H,12-13H2,1-3H3,(H,25,28)(H,26,27). The Bertz CT molecular complexity index is 1110.